The number of aromatic amines is 1. The molecule has 8 heteroatoms. The maximum absolute atomic E-state index is 5.32. The summed E-state index contributed by atoms with van der Waals surface area (Å²) in [6.07, 6.45) is 0.621. The van der Waals surface area contributed by atoms with Crippen molar-refractivity contribution in [1.82, 2.24) is 20.2 Å². The summed E-state index contributed by atoms with van der Waals surface area (Å²) in [6, 6.07) is 5.79. The van der Waals surface area contributed by atoms with Crippen molar-refractivity contribution in [3.63, 3.8) is 0 Å². The predicted molar refractivity (Wildman–Crippen MR) is 89.4 cm³/mol. The Morgan fingerprint density at radius 2 is 2.00 bits per heavy atom. The van der Waals surface area contributed by atoms with Gasteiger partial charge < -0.3 is 14.8 Å². The highest BCUT2D eigenvalue weighted by molar-refractivity contribution is 7.14. The molecule has 1 aromatic carbocycles. The largest absolute Gasteiger partial charge is 0.493 e. The molecular formula is C15H17N5O2S. The van der Waals surface area contributed by atoms with Crippen LogP contribution in [-0.4, -0.2) is 41.4 Å². The molecule has 2 aromatic heterocycles. The lowest BCUT2D eigenvalue weighted by Gasteiger charge is -2.08. The van der Waals surface area contributed by atoms with Crippen LogP contribution >= 0.6 is 11.3 Å². The number of rotatable bonds is 6. The minimum Gasteiger partial charge on any atom is -0.493 e. The van der Waals surface area contributed by atoms with Gasteiger partial charge in [-0.25, -0.2) is 9.97 Å². The van der Waals surface area contributed by atoms with Crippen molar-refractivity contribution in [2.24, 2.45) is 0 Å². The van der Waals surface area contributed by atoms with Crippen molar-refractivity contribution in [3.8, 4) is 23.0 Å². The highest BCUT2D eigenvalue weighted by Gasteiger charge is 2.11. The Balaban J connectivity index is 1.79. The predicted octanol–water partition coefficient (Wildman–Crippen LogP) is 2.58. The summed E-state index contributed by atoms with van der Waals surface area (Å²) in [6.45, 7) is 0. The molecule has 0 amide bonds. The number of hydrogen-bond acceptors (Lipinski definition) is 7. The van der Waals surface area contributed by atoms with Crippen molar-refractivity contribution in [2.45, 2.75) is 6.42 Å². The van der Waals surface area contributed by atoms with Crippen LogP contribution < -0.4 is 14.8 Å². The third kappa shape index (κ3) is 3.26. The van der Waals surface area contributed by atoms with Crippen LogP contribution in [0.25, 0.3) is 11.5 Å². The maximum Gasteiger partial charge on any atom is 0.200 e. The quantitative estimate of drug-likeness (QED) is 0.722. The van der Waals surface area contributed by atoms with Crippen molar-refractivity contribution < 1.29 is 9.47 Å². The van der Waals surface area contributed by atoms with Gasteiger partial charge in [-0.05, 0) is 17.7 Å². The SMILES string of the molecule is CNc1nc(-c2n[nH]c(Cc3ccc(OC)c(OC)c3)n2)cs1. The Labute approximate surface area is 137 Å². The van der Waals surface area contributed by atoms with Crippen LogP contribution in [0.5, 0.6) is 11.5 Å². The van der Waals surface area contributed by atoms with Crippen molar-refractivity contribution >= 4 is 16.5 Å². The van der Waals surface area contributed by atoms with Crippen molar-refractivity contribution in [2.75, 3.05) is 26.6 Å². The molecule has 0 saturated carbocycles. The minimum absolute atomic E-state index is 0.596. The van der Waals surface area contributed by atoms with Crippen LogP contribution in [0.4, 0.5) is 5.13 Å². The Hall–Kier alpha value is -2.61. The van der Waals surface area contributed by atoms with E-state index in [1.165, 1.54) is 11.3 Å². The number of nitrogens with one attached hydrogen (secondary N) is 2. The molecular weight excluding hydrogens is 314 g/mol. The number of thiazole rings is 1. The molecule has 0 aliphatic rings. The highest BCUT2D eigenvalue weighted by atomic mass is 32.1. The lowest BCUT2D eigenvalue weighted by atomic mass is 10.1. The normalized spacial score (nSPS) is 10.6. The lowest BCUT2D eigenvalue weighted by Crippen LogP contribution is -1.95. The van der Waals surface area contributed by atoms with E-state index in [9.17, 15) is 0 Å². The number of ether oxygens (including phenoxy) is 2. The number of benzene rings is 1. The van der Waals surface area contributed by atoms with E-state index in [4.69, 9.17) is 9.47 Å². The molecule has 3 aromatic rings. The summed E-state index contributed by atoms with van der Waals surface area (Å²) >= 11 is 1.52. The van der Waals surface area contributed by atoms with Gasteiger partial charge in [0.25, 0.3) is 0 Å². The lowest BCUT2D eigenvalue weighted by molar-refractivity contribution is 0.354. The van der Waals surface area contributed by atoms with E-state index < -0.39 is 0 Å². The molecule has 2 heterocycles. The molecule has 0 bridgehead atoms. The van der Waals surface area contributed by atoms with Crippen LogP contribution in [-0.2, 0) is 6.42 Å². The monoisotopic (exact) mass is 331 g/mol. The van der Waals surface area contributed by atoms with Crippen LogP contribution in [0, 0.1) is 0 Å². The molecule has 2 N–H and O–H groups in total. The van der Waals surface area contributed by atoms with E-state index in [-0.39, 0.29) is 0 Å². The minimum atomic E-state index is 0.596. The summed E-state index contributed by atoms with van der Waals surface area (Å²) in [5.74, 6) is 2.77. The van der Waals surface area contributed by atoms with E-state index in [1.54, 1.807) is 14.2 Å². The van der Waals surface area contributed by atoms with E-state index in [2.05, 4.69) is 25.5 Å². The van der Waals surface area contributed by atoms with E-state index in [0.29, 0.717) is 23.7 Å². The van der Waals surface area contributed by atoms with Gasteiger partial charge >= 0.3 is 0 Å². The standard InChI is InChI=1S/C15H17N5O2S/c1-16-15-17-10(8-23-15)14-18-13(19-20-14)7-9-4-5-11(21-2)12(6-9)22-3/h4-6,8H,7H2,1-3H3,(H,16,17)(H,18,19,20). The first-order valence-corrected chi connectivity index (χ1v) is 7.87. The number of aromatic nitrogens is 4. The summed E-state index contributed by atoms with van der Waals surface area (Å²) in [5.41, 5.74) is 1.81. The number of nitrogens with zero attached hydrogens (tertiary/aromatic N) is 3. The van der Waals surface area contributed by atoms with Crippen LogP contribution in [0.3, 0.4) is 0 Å². The highest BCUT2D eigenvalue weighted by Crippen LogP contribution is 2.28. The molecule has 23 heavy (non-hydrogen) atoms. The van der Waals surface area contributed by atoms with Gasteiger partial charge in [0, 0.05) is 18.8 Å². The van der Waals surface area contributed by atoms with Gasteiger partial charge in [-0.1, -0.05) is 6.07 Å². The Morgan fingerprint density at radius 1 is 1.17 bits per heavy atom. The van der Waals surface area contributed by atoms with Gasteiger partial charge in [-0.15, -0.1) is 11.3 Å². The molecule has 0 radical (unpaired) electrons. The average molecular weight is 331 g/mol. The zero-order chi connectivity index (χ0) is 16.2. The second-order valence-electron chi connectivity index (χ2n) is 4.76. The Kier molecular flexibility index (Phi) is 4.42. The smallest absolute Gasteiger partial charge is 0.200 e. The fourth-order valence-electron chi connectivity index (χ4n) is 2.16. The molecule has 3 rings (SSSR count). The first kappa shape index (κ1) is 15.3. The van der Waals surface area contributed by atoms with Gasteiger partial charge in [0.15, 0.2) is 16.6 Å². The molecule has 0 unspecified atom stereocenters. The van der Waals surface area contributed by atoms with Gasteiger partial charge in [-0.3, -0.25) is 5.10 Å². The molecule has 0 aliphatic carbocycles. The molecule has 0 atom stereocenters. The second-order valence-corrected chi connectivity index (χ2v) is 5.62. The fraction of sp³-hybridized carbons (Fsp3) is 0.267. The number of anilines is 1. The van der Waals surface area contributed by atoms with Gasteiger partial charge in [-0.2, -0.15) is 5.10 Å². The maximum atomic E-state index is 5.32. The fourth-order valence-corrected chi connectivity index (χ4v) is 2.81. The Bertz CT molecular complexity index is 799. The van der Waals surface area contributed by atoms with Crippen LogP contribution in [0.1, 0.15) is 11.4 Å². The first-order valence-electron chi connectivity index (χ1n) is 6.99. The Morgan fingerprint density at radius 3 is 2.70 bits per heavy atom. The van der Waals surface area contributed by atoms with E-state index >= 15 is 0 Å². The van der Waals surface area contributed by atoms with Gasteiger partial charge in [0.1, 0.15) is 11.5 Å². The summed E-state index contributed by atoms with van der Waals surface area (Å²) in [5, 5.41) is 13.0. The molecule has 120 valence electrons. The molecule has 0 fully saturated rings. The molecule has 0 spiro atoms. The van der Waals surface area contributed by atoms with Crippen molar-refractivity contribution in [3.05, 3.63) is 35.0 Å². The molecule has 7 nitrogen and oxygen atoms in total. The summed E-state index contributed by atoms with van der Waals surface area (Å²) in [7, 11) is 5.08. The molecule has 0 aliphatic heterocycles. The van der Waals surface area contributed by atoms with Gasteiger partial charge in [0.2, 0.25) is 5.82 Å². The number of methoxy groups -OCH3 is 2. The third-order valence-corrected chi connectivity index (χ3v) is 4.16. The zero-order valence-electron chi connectivity index (χ0n) is 13.1. The zero-order valence-corrected chi connectivity index (χ0v) is 13.9. The average Bonchev–Trinajstić information content (AvgIpc) is 3.23. The number of hydrogen-bond donors (Lipinski definition) is 2. The van der Waals surface area contributed by atoms with Gasteiger partial charge in [0.05, 0.1) is 14.2 Å². The van der Waals surface area contributed by atoms with E-state index in [0.717, 1.165) is 22.2 Å². The third-order valence-electron chi connectivity index (χ3n) is 3.30. The van der Waals surface area contributed by atoms with Crippen LogP contribution in [0.2, 0.25) is 0 Å². The summed E-state index contributed by atoms with van der Waals surface area (Å²) < 4.78 is 10.6. The van der Waals surface area contributed by atoms with Crippen LogP contribution in [0.15, 0.2) is 23.6 Å². The topological polar surface area (TPSA) is 85.0 Å². The van der Waals surface area contributed by atoms with E-state index in [1.807, 2.05) is 30.6 Å². The molecule has 0 saturated heterocycles. The first-order chi connectivity index (χ1) is 11.2. The van der Waals surface area contributed by atoms with Crippen molar-refractivity contribution in [1.29, 1.82) is 0 Å². The number of H-pyrrole nitrogens is 1. The second kappa shape index (κ2) is 6.66. The summed E-state index contributed by atoms with van der Waals surface area (Å²) in [4.78, 5) is 8.89.